The predicted octanol–water partition coefficient (Wildman–Crippen LogP) is 2.82. The Morgan fingerprint density at radius 3 is 1.70 bits per heavy atom. The molecule has 0 N–H and O–H groups in total. The third-order valence-electron chi connectivity index (χ3n) is 4.37. The first kappa shape index (κ1) is 25.4. The van der Waals surface area contributed by atoms with Gasteiger partial charge in [0.2, 0.25) is 0 Å². The lowest BCUT2D eigenvalue weighted by molar-refractivity contribution is -0.162. The monoisotopic (exact) mass is 386 g/mol. The van der Waals surface area contributed by atoms with Gasteiger partial charge in [-0.3, -0.25) is 9.59 Å². The van der Waals surface area contributed by atoms with Crippen LogP contribution in [0.1, 0.15) is 73.1 Å². The molecule has 0 saturated carbocycles. The molecule has 0 rings (SSSR count). The van der Waals surface area contributed by atoms with Crippen LogP contribution in [0.2, 0.25) is 0 Å². The molecule has 156 valence electrons. The fraction of sp³-hybridized carbons (Fsp3) is 0.800. The van der Waals surface area contributed by atoms with Crippen molar-refractivity contribution in [3.63, 3.8) is 0 Å². The van der Waals surface area contributed by atoms with Crippen LogP contribution in [0.4, 0.5) is 0 Å². The van der Waals surface area contributed by atoms with E-state index in [1.807, 2.05) is 0 Å². The summed E-state index contributed by atoms with van der Waals surface area (Å²) >= 11 is 0. The van der Waals surface area contributed by atoms with Gasteiger partial charge in [0.05, 0.1) is 7.11 Å². The summed E-state index contributed by atoms with van der Waals surface area (Å²) in [7, 11) is 1.24. The van der Waals surface area contributed by atoms with E-state index < -0.39 is 17.2 Å². The second-order valence-corrected chi connectivity index (χ2v) is 7.64. The quantitative estimate of drug-likeness (QED) is 0.315. The van der Waals surface area contributed by atoms with Crippen molar-refractivity contribution in [1.82, 2.24) is 0 Å². The normalized spacial score (nSPS) is 11.9. The van der Waals surface area contributed by atoms with Gasteiger partial charge in [0.25, 0.3) is 0 Å². The highest BCUT2D eigenvalue weighted by Crippen LogP contribution is 2.18. The minimum atomic E-state index is -1.22. The summed E-state index contributed by atoms with van der Waals surface area (Å²) < 4.78 is 15.3. The van der Waals surface area contributed by atoms with Gasteiger partial charge in [-0.05, 0) is 47.5 Å². The zero-order valence-corrected chi connectivity index (χ0v) is 17.5. The molecular weight excluding hydrogens is 352 g/mol. The number of hydrogen-bond donors (Lipinski definition) is 0. The van der Waals surface area contributed by atoms with Crippen molar-refractivity contribution in [3.05, 3.63) is 0 Å². The van der Waals surface area contributed by atoms with Crippen LogP contribution in [0, 0.1) is 0 Å². The van der Waals surface area contributed by atoms with Crippen LogP contribution in [0.3, 0.4) is 0 Å². The summed E-state index contributed by atoms with van der Waals surface area (Å²) in [4.78, 5) is 46.6. The van der Waals surface area contributed by atoms with Gasteiger partial charge in [0.1, 0.15) is 30.2 Å². The van der Waals surface area contributed by atoms with Crippen molar-refractivity contribution in [2.75, 3.05) is 20.3 Å². The van der Waals surface area contributed by atoms with Gasteiger partial charge in [-0.2, -0.15) is 0 Å². The van der Waals surface area contributed by atoms with E-state index in [0.717, 1.165) is 25.7 Å². The lowest BCUT2D eigenvalue weighted by atomic mass is 9.97. The predicted molar refractivity (Wildman–Crippen MR) is 100 cm³/mol. The summed E-state index contributed by atoms with van der Waals surface area (Å²) in [6.07, 6.45) is 4.31. The standard InChI is InChI=1S/C20H34O7/c1-15(21)11-9-7-8-10-12-16(22)19(2,3)26-13-17(23)20(4,5)27-14-18(24)25-6/h7-14H2,1-6H3. The van der Waals surface area contributed by atoms with Crippen molar-refractivity contribution in [2.24, 2.45) is 0 Å². The Morgan fingerprint density at radius 1 is 0.704 bits per heavy atom. The van der Waals surface area contributed by atoms with Crippen molar-refractivity contribution >= 4 is 23.3 Å². The average molecular weight is 386 g/mol. The Morgan fingerprint density at radius 2 is 1.19 bits per heavy atom. The molecule has 0 radical (unpaired) electrons. The van der Waals surface area contributed by atoms with Gasteiger partial charge in [0.15, 0.2) is 11.6 Å². The van der Waals surface area contributed by atoms with Gasteiger partial charge >= 0.3 is 5.97 Å². The van der Waals surface area contributed by atoms with Crippen molar-refractivity contribution < 1.29 is 33.4 Å². The molecule has 0 spiro atoms. The van der Waals surface area contributed by atoms with Crippen LogP contribution in [0.15, 0.2) is 0 Å². The fourth-order valence-corrected chi connectivity index (χ4v) is 2.19. The number of ether oxygens (including phenoxy) is 3. The third-order valence-corrected chi connectivity index (χ3v) is 4.37. The fourth-order valence-electron chi connectivity index (χ4n) is 2.19. The molecule has 0 bridgehead atoms. The second-order valence-electron chi connectivity index (χ2n) is 7.64. The summed E-state index contributed by atoms with van der Waals surface area (Å²) in [6.45, 7) is 7.31. The Balaban J connectivity index is 4.28. The van der Waals surface area contributed by atoms with Crippen LogP contribution >= 0.6 is 0 Å². The Kier molecular flexibility index (Phi) is 11.3. The highest BCUT2D eigenvalue weighted by atomic mass is 16.6. The third kappa shape index (κ3) is 11.0. The van der Waals surface area contributed by atoms with E-state index in [4.69, 9.17) is 9.47 Å². The minimum absolute atomic E-state index is 0.0739. The number of unbranched alkanes of at least 4 members (excludes halogenated alkanes) is 3. The van der Waals surface area contributed by atoms with Gasteiger partial charge in [-0.1, -0.05) is 12.8 Å². The number of hydrogen-bond acceptors (Lipinski definition) is 7. The van der Waals surface area contributed by atoms with Gasteiger partial charge < -0.3 is 19.0 Å². The zero-order chi connectivity index (χ0) is 21.1. The lowest BCUT2D eigenvalue weighted by Gasteiger charge is -2.27. The number of carbonyl (C=O) groups excluding carboxylic acids is 4. The van der Waals surface area contributed by atoms with Crippen LogP contribution in [0.25, 0.3) is 0 Å². The van der Waals surface area contributed by atoms with E-state index in [2.05, 4.69) is 4.74 Å². The van der Waals surface area contributed by atoms with E-state index >= 15 is 0 Å². The molecule has 0 aromatic carbocycles. The van der Waals surface area contributed by atoms with Gasteiger partial charge in [-0.25, -0.2) is 4.79 Å². The molecule has 0 aliphatic carbocycles. The Hall–Kier alpha value is -1.60. The number of carbonyl (C=O) groups is 4. The summed E-state index contributed by atoms with van der Waals surface area (Å²) in [6, 6.07) is 0. The summed E-state index contributed by atoms with van der Waals surface area (Å²) in [5, 5.41) is 0. The van der Waals surface area contributed by atoms with E-state index in [1.165, 1.54) is 21.0 Å². The second kappa shape index (κ2) is 12.0. The Bertz CT molecular complexity index is 520. The molecule has 0 aliphatic heterocycles. The maximum absolute atomic E-state index is 12.3. The summed E-state index contributed by atoms with van der Waals surface area (Å²) in [5.74, 6) is -0.828. The molecule has 0 fully saturated rings. The number of methoxy groups -OCH3 is 1. The molecule has 0 unspecified atom stereocenters. The van der Waals surface area contributed by atoms with Gasteiger partial charge in [-0.15, -0.1) is 0 Å². The first-order valence-electron chi connectivity index (χ1n) is 9.33. The smallest absolute Gasteiger partial charge is 0.331 e. The highest BCUT2D eigenvalue weighted by molar-refractivity contribution is 5.89. The number of esters is 1. The molecule has 0 atom stereocenters. The molecule has 27 heavy (non-hydrogen) atoms. The minimum Gasteiger partial charge on any atom is -0.467 e. The van der Waals surface area contributed by atoms with Crippen molar-refractivity contribution in [2.45, 2.75) is 84.3 Å². The first-order valence-corrected chi connectivity index (χ1v) is 9.33. The van der Waals surface area contributed by atoms with Crippen LogP contribution in [-0.4, -0.2) is 54.8 Å². The lowest BCUT2D eigenvalue weighted by Crippen LogP contribution is -2.43. The van der Waals surface area contributed by atoms with E-state index in [1.54, 1.807) is 20.8 Å². The van der Waals surface area contributed by atoms with Crippen molar-refractivity contribution in [1.29, 1.82) is 0 Å². The number of rotatable bonds is 15. The highest BCUT2D eigenvalue weighted by Gasteiger charge is 2.33. The van der Waals surface area contributed by atoms with Crippen molar-refractivity contribution in [3.8, 4) is 0 Å². The molecule has 0 amide bonds. The van der Waals surface area contributed by atoms with Crippen LogP contribution < -0.4 is 0 Å². The van der Waals surface area contributed by atoms with Crippen LogP contribution in [-0.2, 0) is 33.4 Å². The maximum atomic E-state index is 12.3. The molecule has 0 aromatic rings. The van der Waals surface area contributed by atoms with E-state index in [-0.39, 0.29) is 30.6 Å². The Labute approximate surface area is 162 Å². The zero-order valence-electron chi connectivity index (χ0n) is 17.5. The molecule has 0 aliphatic rings. The van der Waals surface area contributed by atoms with Crippen LogP contribution in [0.5, 0.6) is 0 Å². The SMILES string of the molecule is COC(=O)COC(C)(C)C(=O)COC(C)(C)C(=O)CCCCCCC(C)=O. The van der Waals surface area contributed by atoms with E-state index in [9.17, 15) is 19.2 Å². The number of Topliss-reactive ketones (excluding diaryl/α,β-unsaturated/α-hetero) is 3. The molecule has 7 nitrogen and oxygen atoms in total. The molecular formula is C20H34O7. The largest absolute Gasteiger partial charge is 0.467 e. The molecule has 7 heteroatoms. The average Bonchev–Trinajstić information content (AvgIpc) is 2.59. The number of ketones is 3. The van der Waals surface area contributed by atoms with E-state index in [0.29, 0.717) is 12.8 Å². The topological polar surface area (TPSA) is 96.0 Å². The first-order chi connectivity index (χ1) is 12.4. The van der Waals surface area contributed by atoms with Gasteiger partial charge in [0, 0.05) is 12.8 Å². The summed E-state index contributed by atoms with van der Waals surface area (Å²) in [5.41, 5.74) is -2.29. The molecule has 0 heterocycles. The molecule has 0 aromatic heterocycles. The molecule has 0 saturated heterocycles. The maximum Gasteiger partial charge on any atom is 0.331 e.